The van der Waals surface area contributed by atoms with Gasteiger partial charge in [-0.3, -0.25) is 0 Å². The van der Waals surface area contributed by atoms with Crippen LogP contribution in [-0.2, 0) is 6.54 Å². The smallest absolute Gasteiger partial charge is 0.0466 e. The molecule has 0 radical (unpaired) electrons. The first-order valence-electron chi connectivity index (χ1n) is 7.15. The van der Waals surface area contributed by atoms with Crippen LogP contribution in [0.5, 0.6) is 0 Å². The minimum atomic E-state index is 0.403. The largest absolute Gasteiger partial charge is 0.311 e. The molecule has 1 N–H and O–H groups in total. The van der Waals surface area contributed by atoms with E-state index in [0.29, 0.717) is 6.04 Å². The van der Waals surface area contributed by atoms with E-state index in [4.69, 9.17) is 0 Å². The predicted molar refractivity (Wildman–Crippen MR) is 85.8 cm³/mol. The summed E-state index contributed by atoms with van der Waals surface area (Å²) < 4.78 is 0. The molecule has 0 saturated heterocycles. The van der Waals surface area contributed by atoms with E-state index in [9.17, 15) is 0 Å². The summed E-state index contributed by atoms with van der Waals surface area (Å²) >= 11 is 0. The van der Waals surface area contributed by atoms with Crippen LogP contribution in [0.1, 0.15) is 22.7 Å². The van der Waals surface area contributed by atoms with Crippen molar-refractivity contribution in [1.29, 1.82) is 0 Å². The third kappa shape index (κ3) is 3.92. The SMILES string of the molecule is Cc1ccccc1CNCC(c1ccccc1)N(C)C. The number of aryl methyl sites for hydroxylation is 1. The zero-order chi connectivity index (χ0) is 14.4. The number of likely N-dealkylation sites (N-methyl/N-ethyl adjacent to an activating group) is 1. The lowest BCUT2D eigenvalue weighted by atomic mass is 10.1. The molecule has 0 aromatic heterocycles. The van der Waals surface area contributed by atoms with Gasteiger partial charge in [-0.1, -0.05) is 54.6 Å². The molecule has 2 aromatic rings. The highest BCUT2D eigenvalue weighted by Gasteiger charge is 2.13. The quantitative estimate of drug-likeness (QED) is 0.864. The van der Waals surface area contributed by atoms with Crippen LogP contribution in [0.25, 0.3) is 0 Å². The van der Waals surface area contributed by atoms with Gasteiger partial charge in [0.05, 0.1) is 0 Å². The summed E-state index contributed by atoms with van der Waals surface area (Å²) in [4.78, 5) is 2.26. The Morgan fingerprint density at radius 1 is 0.950 bits per heavy atom. The number of hydrogen-bond acceptors (Lipinski definition) is 2. The summed E-state index contributed by atoms with van der Waals surface area (Å²) in [5, 5.41) is 3.58. The Balaban J connectivity index is 1.95. The van der Waals surface area contributed by atoms with E-state index in [0.717, 1.165) is 13.1 Å². The van der Waals surface area contributed by atoms with Crippen LogP contribution in [-0.4, -0.2) is 25.5 Å². The van der Waals surface area contributed by atoms with Crippen molar-refractivity contribution >= 4 is 0 Å². The third-order valence-electron chi connectivity index (χ3n) is 3.72. The van der Waals surface area contributed by atoms with Crippen molar-refractivity contribution in [1.82, 2.24) is 10.2 Å². The second-order valence-corrected chi connectivity index (χ2v) is 5.45. The van der Waals surface area contributed by atoms with Crippen molar-refractivity contribution in [3.63, 3.8) is 0 Å². The maximum absolute atomic E-state index is 3.58. The van der Waals surface area contributed by atoms with Crippen molar-refractivity contribution in [3.05, 3.63) is 71.3 Å². The lowest BCUT2D eigenvalue weighted by Gasteiger charge is -2.25. The Morgan fingerprint density at radius 3 is 2.25 bits per heavy atom. The Bertz CT molecular complexity index is 520. The molecule has 0 bridgehead atoms. The summed E-state index contributed by atoms with van der Waals surface area (Å²) in [6, 6.07) is 19.6. The number of rotatable bonds is 6. The van der Waals surface area contributed by atoms with E-state index in [1.165, 1.54) is 16.7 Å². The molecule has 2 rings (SSSR count). The molecule has 2 nitrogen and oxygen atoms in total. The molecule has 0 amide bonds. The molecule has 2 heteroatoms. The van der Waals surface area contributed by atoms with Crippen LogP contribution in [0, 0.1) is 6.92 Å². The fraction of sp³-hybridized carbons (Fsp3) is 0.333. The monoisotopic (exact) mass is 268 g/mol. The molecule has 0 heterocycles. The molecule has 106 valence electrons. The third-order valence-corrected chi connectivity index (χ3v) is 3.72. The Hall–Kier alpha value is -1.64. The highest BCUT2D eigenvalue weighted by Crippen LogP contribution is 2.17. The number of benzene rings is 2. The van der Waals surface area contributed by atoms with Crippen LogP contribution in [0.3, 0.4) is 0 Å². The minimum absolute atomic E-state index is 0.403. The molecule has 1 unspecified atom stereocenters. The van der Waals surface area contributed by atoms with Gasteiger partial charge >= 0.3 is 0 Å². The Morgan fingerprint density at radius 2 is 1.60 bits per heavy atom. The zero-order valence-electron chi connectivity index (χ0n) is 12.6. The first kappa shape index (κ1) is 14.8. The molecule has 20 heavy (non-hydrogen) atoms. The summed E-state index contributed by atoms with van der Waals surface area (Å²) in [5.74, 6) is 0. The summed E-state index contributed by atoms with van der Waals surface area (Å²) in [7, 11) is 4.26. The van der Waals surface area contributed by atoms with E-state index >= 15 is 0 Å². The van der Waals surface area contributed by atoms with Crippen LogP contribution < -0.4 is 5.32 Å². The van der Waals surface area contributed by atoms with Gasteiger partial charge in [0, 0.05) is 19.1 Å². The van der Waals surface area contributed by atoms with Crippen LogP contribution in [0.2, 0.25) is 0 Å². The average molecular weight is 268 g/mol. The Kier molecular flexibility index (Phi) is 5.33. The first-order valence-corrected chi connectivity index (χ1v) is 7.15. The van der Waals surface area contributed by atoms with Crippen molar-refractivity contribution in [3.8, 4) is 0 Å². The lowest BCUT2D eigenvalue weighted by molar-refractivity contribution is 0.288. The summed E-state index contributed by atoms with van der Waals surface area (Å²) in [5.41, 5.74) is 4.08. The number of hydrogen-bond donors (Lipinski definition) is 1. The molecule has 2 aromatic carbocycles. The molecule has 0 spiro atoms. The second kappa shape index (κ2) is 7.22. The van der Waals surface area contributed by atoms with Crippen molar-refractivity contribution < 1.29 is 0 Å². The number of nitrogens with zero attached hydrogens (tertiary/aromatic N) is 1. The summed E-state index contributed by atoms with van der Waals surface area (Å²) in [6.07, 6.45) is 0. The van der Waals surface area contributed by atoms with Crippen LogP contribution in [0.4, 0.5) is 0 Å². The maximum atomic E-state index is 3.58. The molecule has 0 aliphatic rings. The van der Waals surface area contributed by atoms with Crippen molar-refractivity contribution in [2.75, 3.05) is 20.6 Å². The van der Waals surface area contributed by atoms with Gasteiger partial charge < -0.3 is 10.2 Å². The average Bonchev–Trinajstić information content (AvgIpc) is 2.46. The van der Waals surface area contributed by atoms with Gasteiger partial charge in [-0.05, 0) is 37.7 Å². The van der Waals surface area contributed by atoms with Gasteiger partial charge in [-0.15, -0.1) is 0 Å². The second-order valence-electron chi connectivity index (χ2n) is 5.45. The van der Waals surface area contributed by atoms with Crippen LogP contribution in [0.15, 0.2) is 54.6 Å². The lowest BCUT2D eigenvalue weighted by Crippen LogP contribution is -2.30. The highest BCUT2D eigenvalue weighted by atomic mass is 15.1. The summed E-state index contributed by atoms with van der Waals surface area (Å²) in [6.45, 7) is 4.03. The van der Waals surface area contributed by atoms with Crippen molar-refractivity contribution in [2.24, 2.45) is 0 Å². The molecule has 0 fully saturated rings. The maximum Gasteiger partial charge on any atom is 0.0466 e. The van der Waals surface area contributed by atoms with Crippen LogP contribution >= 0.6 is 0 Å². The zero-order valence-corrected chi connectivity index (χ0v) is 12.6. The van der Waals surface area contributed by atoms with Gasteiger partial charge in [0.1, 0.15) is 0 Å². The molecule has 0 aliphatic heterocycles. The number of nitrogens with one attached hydrogen (secondary N) is 1. The Labute approximate surface area is 122 Å². The first-order chi connectivity index (χ1) is 9.68. The van der Waals surface area contributed by atoms with Gasteiger partial charge in [0.25, 0.3) is 0 Å². The van der Waals surface area contributed by atoms with Gasteiger partial charge in [0.15, 0.2) is 0 Å². The van der Waals surface area contributed by atoms with E-state index < -0.39 is 0 Å². The van der Waals surface area contributed by atoms with Crippen molar-refractivity contribution in [2.45, 2.75) is 19.5 Å². The highest BCUT2D eigenvalue weighted by molar-refractivity contribution is 5.25. The molecule has 0 aliphatic carbocycles. The molecular formula is C18H24N2. The van der Waals surface area contributed by atoms with E-state index in [1.54, 1.807) is 0 Å². The fourth-order valence-corrected chi connectivity index (χ4v) is 2.43. The minimum Gasteiger partial charge on any atom is -0.311 e. The fourth-order valence-electron chi connectivity index (χ4n) is 2.43. The van der Waals surface area contributed by atoms with Gasteiger partial charge in [-0.25, -0.2) is 0 Å². The predicted octanol–water partition coefficient (Wildman–Crippen LogP) is 3.39. The van der Waals surface area contributed by atoms with E-state index in [-0.39, 0.29) is 0 Å². The van der Waals surface area contributed by atoms with E-state index in [2.05, 4.69) is 85.8 Å². The standard InChI is InChI=1S/C18H24N2/c1-15-9-7-8-12-17(15)13-19-14-18(20(2)3)16-10-5-4-6-11-16/h4-12,18-19H,13-14H2,1-3H3. The topological polar surface area (TPSA) is 15.3 Å². The molecule has 1 atom stereocenters. The molecule has 0 saturated carbocycles. The van der Waals surface area contributed by atoms with E-state index in [1.807, 2.05) is 0 Å². The van der Waals surface area contributed by atoms with Gasteiger partial charge in [0.2, 0.25) is 0 Å². The normalized spacial score (nSPS) is 12.6. The van der Waals surface area contributed by atoms with Gasteiger partial charge in [-0.2, -0.15) is 0 Å². The molecular weight excluding hydrogens is 244 g/mol.